The van der Waals surface area contributed by atoms with Crippen LogP contribution in [0.4, 0.5) is 0 Å². The molecule has 0 bridgehead atoms. The third-order valence-electron chi connectivity index (χ3n) is 2.43. The van der Waals surface area contributed by atoms with Gasteiger partial charge in [-0.25, -0.2) is 0 Å². The summed E-state index contributed by atoms with van der Waals surface area (Å²) >= 11 is 0. The van der Waals surface area contributed by atoms with Crippen LogP contribution in [0.1, 0.15) is 48.0 Å². The quantitative estimate of drug-likeness (QED) is 0.745. The second kappa shape index (κ2) is 7.30. The SMILES string of the molecule is CC(C)NC(=O)CC(C(=O)NC(C)C)C(C)C. The molecule has 2 N–H and O–H groups in total. The first-order valence-corrected chi connectivity index (χ1v) is 6.33. The normalized spacial score (nSPS) is 13.0. The molecule has 0 aromatic carbocycles. The molecule has 0 saturated heterocycles. The maximum atomic E-state index is 11.9. The number of carbonyl (C=O) groups excluding carboxylic acids is 2. The van der Waals surface area contributed by atoms with E-state index in [1.54, 1.807) is 0 Å². The van der Waals surface area contributed by atoms with Crippen molar-refractivity contribution in [3.05, 3.63) is 0 Å². The number of amides is 2. The highest BCUT2D eigenvalue weighted by molar-refractivity contribution is 5.86. The molecule has 1 unspecified atom stereocenters. The van der Waals surface area contributed by atoms with Crippen LogP contribution in [0.5, 0.6) is 0 Å². The minimum Gasteiger partial charge on any atom is -0.354 e. The Morgan fingerprint density at radius 2 is 1.35 bits per heavy atom. The minimum atomic E-state index is -0.254. The van der Waals surface area contributed by atoms with E-state index in [-0.39, 0.29) is 42.2 Å². The van der Waals surface area contributed by atoms with Crippen LogP contribution in [0.2, 0.25) is 0 Å². The standard InChI is InChI=1S/C13H26N2O2/c1-8(2)11(13(17)15-10(5)6)7-12(16)14-9(3)4/h8-11H,7H2,1-6H3,(H,14,16)(H,15,17). The fourth-order valence-corrected chi connectivity index (χ4v) is 1.60. The molecule has 0 aromatic heterocycles. The van der Waals surface area contributed by atoms with E-state index in [0.29, 0.717) is 0 Å². The molecule has 0 aromatic rings. The maximum Gasteiger partial charge on any atom is 0.224 e. The Morgan fingerprint density at radius 1 is 0.882 bits per heavy atom. The van der Waals surface area contributed by atoms with Crippen molar-refractivity contribution in [1.29, 1.82) is 0 Å². The molecular formula is C13H26N2O2. The van der Waals surface area contributed by atoms with Crippen molar-refractivity contribution in [2.45, 2.75) is 60.0 Å². The molecule has 0 aliphatic rings. The number of hydrogen-bond acceptors (Lipinski definition) is 2. The monoisotopic (exact) mass is 242 g/mol. The minimum absolute atomic E-state index is 0.0334. The van der Waals surface area contributed by atoms with E-state index in [0.717, 1.165) is 0 Å². The van der Waals surface area contributed by atoms with Gasteiger partial charge in [-0.3, -0.25) is 9.59 Å². The first-order chi connectivity index (χ1) is 7.73. The molecule has 0 heterocycles. The fraction of sp³-hybridized carbons (Fsp3) is 0.846. The van der Waals surface area contributed by atoms with E-state index in [1.165, 1.54) is 0 Å². The molecule has 100 valence electrons. The molecule has 4 heteroatoms. The molecule has 0 radical (unpaired) electrons. The molecule has 2 amide bonds. The molecule has 17 heavy (non-hydrogen) atoms. The van der Waals surface area contributed by atoms with E-state index in [1.807, 2.05) is 41.5 Å². The van der Waals surface area contributed by atoms with Crippen molar-refractivity contribution < 1.29 is 9.59 Å². The van der Waals surface area contributed by atoms with Crippen molar-refractivity contribution >= 4 is 11.8 Å². The second-order valence-electron chi connectivity index (χ2n) is 5.44. The number of nitrogens with one attached hydrogen (secondary N) is 2. The summed E-state index contributed by atoms with van der Waals surface area (Å²) in [6.07, 6.45) is 0.258. The molecule has 1 atom stereocenters. The van der Waals surface area contributed by atoms with E-state index in [2.05, 4.69) is 10.6 Å². The number of hydrogen-bond donors (Lipinski definition) is 2. The van der Waals surface area contributed by atoms with Crippen molar-refractivity contribution in [3.63, 3.8) is 0 Å². The highest BCUT2D eigenvalue weighted by atomic mass is 16.2. The van der Waals surface area contributed by atoms with Gasteiger partial charge in [-0.2, -0.15) is 0 Å². The van der Waals surface area contributed by atoms with E-state index >= 15 is 0 Å². The highest BCUT2D eigenvalue weighted by Crippen LogP contribution is 2.15. The summed E-state index contributed by atoms with van der Waals surface area (Å²) in [4.78, 5) is 23.6. The van der Waals surface area contributed by atoms with Crippen LogP contribution in [0.3, 0.4) is 0 Å². The molecule has 0 aliphatic heterocycles. The first kappa shape index (κ1) is 15.9. The lowest BCUT2D eigenvalue weighted by atomic mass is 9.91. The Balaban J connectivity index is 4.43. The summed E-state index contributed by atoms with van der Waals surface area (Å²) in [5.41, 5.74) is 0. The summed E-state index contributed by atoms with van der Waals surface area (Å²) in [6.45, 7) is 11.6. The zero-order valence-electron chi connectivity index (χ0n) is 11.8. The smallest absolute Gasteiger partial charge is 0.224 e. The van der Waals surface area contributed by atoms with Gasteiger partial charge < -0.3 is 10.6 Å². The zero-order valence-corrected chi connectivity index (χ0v) is 11.8. The molecular weight excluding hydrogens is 216 g/mol. The predicted octanol–water partition coefficient (Wildman–Crippen LogP) is 1.70. The summed E-state index contributed by atoms with van der Waals surface area (Å²) in [6, 6.07) is 0.223. The Kier molecular flexibility index (Phi) is 6.85. The molecule has 0 fully saturated rings. The van der Waals surface area contributed by atoms with Gasteiger partial charge in [0.2, 0.25) is 11.8 Å². The molecule has 4 nitrogen and oxygen atoms in total. The molecule has 0 spiro atoms. The zero-order chi connectivity index (χ0) is 13.6. The lowest BCUT2D eigenvalue weighted by Gasteiger charge is -2.21. The van der Waals surface area contributed by atoms with Gasteiger partial charge >= 0.3 is 0 Å². The van der Waals surface area contributed by atoms with Crippen LogP contribution in [0, 0.1) is 11.8 Å². The summed E-state index contributed by atoms with van der Waals surface area (Å²) in [7, 11) is 0. The van der Waals surface area contributed by atoms with Crippen LogP contribution in [-0.2, 0) is 9.59 Å². The molecule has 0 saturated carbocycles. The highest BCUT2D eigenvalue weighted by Gasteiger charge is 2.25. The van der Waals surface area contributed by atoms with Gasteiger partial charge in [0, 0.05) is 24.4 Å². The van der Waals surface area contributed by atoms with E-state index in [9.17, 15) is 9.59 Å². The summed E-state index contributed by atoms with van der Waals surface area (Å²) < 4.78 is 0. The first-order valence-electron chi connectivity index (χ1n) is 6.33. The van der Waals surface area contributed by atoms with E-state index < -0.39 is 0 Å². The topological polar surface area (TPSA) is 58.2 Å². The van der Waals surface area contributed by atoms with Gasteiger partial charge in [0.15, 0.2) is 0 Å². The van der Waals surface area contributed by atoms with Crippen molar-refractivity contribution in [3.8, 4) is 0 Å². The number of carbonyl (C=O) groups is 2. The lowest BCUT2D eigenvalue weighted by molar-refractivity contribution is -0.132. The van der Waals surface area contributed by atoms with Gasteiger partial charge in [0.25, 0.3) is 0 Å². The van der Waals surface area contributed by atoms with Gasteiger partial charge in [-0.1, -0.05) is 13.8 Å². The Labute approximate surface area is 105 Å². The van der Waals surface area contributed by atoms with Crippen molar-refractivity contribution in [1.82, 2.24) is 10.6 Å². The molecule has 0 rings (SSSR count). The van der Waals surface area contributed by atoms with Gasteiger partial charge in [-0.15, -0.1) is 0 Å². The van der Waals surface area contributed by atoms with Crippen molar-refractivity contribution in [2.75, 3.05) is 0 Å². The van der Waals surface area contributed by atoms with Gasteiger partial charge in [-0.05, 0) is 33.6 Å². The van der Waals surface area contributed by atoms with E-state index in [4.69, 9.17) is 0 Å². The van der Waals surface area contributed by atoms with Gasteiger partial charge in [0.05, 0.1) is 0 Å². The number of rotatable bonds is 6. The van der Waals surface area contributed by atoms with Crippen LogP contribution >= 0.6 is 0 Å². The second-order valence-corrected chi connectivity index (χ2v) is 5.44. The summed E-state index contributed by atoms with van der Waals surface area (Å²) in [5, 5.41) is 5.68. The molecule has 0 aliphatic carbocycles. The summed E-state index contributed by atoms with van der Waals surface area (Å²) in [5.74, 6) is -0.186. The lowest BCUT2D eigenvalue weighted by Crippen LogP contribution is -2.41. The Hall–Kier alpha value is -1.06. The fourth-order valence-electron chi connectivity index (χ4n) is 1.60. The van der Waals surface area contributed by atoms with Crippen LogP contribution < -0.4 is 10.6 Å². The van der Waals surface area contributed by atoms with Crippen molar-refractivity contribution in [2.24, 2.45) is 11.8 Å². The third kappa shape index (κ3) is 6.97. The Morgan fingerprint density at radius 3 is 1.71 bits per heavy atom. The van der Waals surface area contributed by atoms with Crippen LogP contribution in [0.15, 0.2) is 0 Å². The van der Waals surface area contributed by atoms with Gasteiger partial charge in [0.1, 0.15) is 0 Å². The maximum absolute atomic E-state index is 11.9. The Bertz CT molecular complexity index is 260. The third-order valence-corrected chi connectivity index (χ3v) is 2.43. The predicted molar refractivity (Wildman–Crippen MR) is 69.5 cm³/mol. The average Bonchev–Trinajstić information content (AvgIpc) is 2.10. The average molecular weight is 242 g/mol. The van der Waals surface area contributed by atoms with Crippen LogP contribution in [0.25, 0.3) is 0 Å². The largest absolute Gasteiger partial charge is 0.354 e. The van der Waals surface area contributed by atoms with Crippen LogP contribution in [-0.4, -0.2) is 23.9 Å².